The Bertz CT molecular complexity index is 580. The molecule has 1 aromatic carbocycles. The minimum Gasteiger partial charge on any atom is -0.396 e. The molecule has 0 saturated carbocycles. The first-order valence-corrected chi connectivity index (χ1v) is 6.27. The lowest BCUT2D eigenvalue weighted by atomic mass is 10.1. The van der Waals surface area contributed by atoms with Crippen LogP contribution in [0.4, 0.5) is 4.39 Å². The molecule has 0 aliphatic heterocycles. The first-order chi connectivity index (χ1) is 9.11. The lowest BCUT2D eigenvalue weighted by Gasteiger charge is -2.10. The van der Waals surface area contributed by atoms with E-state index in [-0.39, 0.29) is 24.2 Å². The van der Waals surface area contributed by atoms with Crippen LogP contribution in [-0.2, 0) is 0 Å². The van der Waals surface area contributed by atoms with Crippen molar-refractivity contribution in [2.75, 3.05) is 13.2 Å². The summed E-state index contributed by atoms with van der Waals surface area (Å²) in [7, 11) is 0. The number of hydrogen-bond donors (Lipinski definition) is 3. The van der Waals surface area contributed by atoms with Gasteiger partial charge >= 0.3 is 0 Å². The molecular formula is C14H17FN2O2. The van der Waals surface area contributed by atoms with Crippen LogP contribution in [-0.4, -0.2) is 29.1 Å². The van der Waals surface area contributed by atoms with Crippen LogP contribution in [0.15, 0.2) is 24.4 Å². The molecular weight excluding hydrogens is 247 g/mol. The largest absolute Gasteiger partial charge is 0.396 e. The number of benzene rings is 1. The zero-order valence-corrected chi connectivity index (χ0v) is 10.7. The van der Waals surface area contributed by atoms with Crippen molar-refractivity contribution >= 4 is 16.8 Å². The molecule has 0 aliphatic rings. The van der Waals surface area contributed by atoms with Gasteiger partial charge in [-0.3, -0.25) is 4.79 Å². The maximum Gasteiger partial charge on any atom is 0.253 e. The van der Waals surface area contributed by atoms with Gasteiger partial charge in [0.25, 0.3) is 5.91 Å². The fraction of sp³-hybridized carbons (Fsp3) is 0.357. The van der Waals surface area contributed by atoms with Crippen molar-refractivity contribution < 1.29 is 14.3 Å². The number of aliphatic hydroxyl groups excluding tert-OH is 1. The number of carbonyl (C=O) groups excluding carboxylic acids is 1. The van der Waals surface area contributed by atoms with Crippen molar-refractivity contribution in [1.82, 2.24) is 10.3 Å². The van der Waals surface area contributed by atoms with Crippen molar-refractivity contribution in [3.05, 3.63) is 35.8 Å². The highest BCUT2D eigenvalue weighted by molar-refractivity contribution is 6.06. The van der Waals surface area contributed by atoms with E-state index in [4.69, 9.17) is 5.11 Å². The van der Waals surface area contributed by atoms with E-state index in [2.05, 4.69) is 10.3 Å². The molecule has 4 nitrogen and oxygen atoms in total. The molecule has 19 heavy (non-hydrogen) atoms. The number of aromatic amines is 1. The van der Waals surface area contributed by atoms with Crippen LogP contribution < -0.4 is 5.32 Å². The van der Waals surface area contributed by atoms with Gasteiger partial charge in [0.1, 0.15) is 5.82 Å². The standard InChI is InChI=1S/C14H17FN2O2/c1-9(4-5-18)7-17-14(19)12-8-16-13-6-10(15)2-3-11(12)13/h2-3,6,8-9,16,18H,4-5,7H2,1H3,(H,17,19). The smallest absolute Gasteiger partial charge is 0.253 e. The molecule has 0 bridgehead atoms. The molecule has 5 heteroatoms. The molecule has 1 heterocycles. The average molecular weight is 264 g/mol. The summed E-state index contributed by atoms with van der Waals surface area (Å²) in [5.41, 5.74) is 1.11. The maximum atomic E-state index is 13.0. The molecule has 1 atom stereocenters. The number of aliphatic hydroxyl groups is 1. The van der Waals surface area contributed by atoms with Crippen molar-refractivity contribution in [3.8, 4) is 0 Å². The highest BCUT2D eigenvalue weighted by atomic mass is 19.1. The van der Waals surface area contributed by atoms with Crippen LogP contribution in [0.1, 0.15) is 23.7 Å². The predicted octanol–water partition coefficient (Wildman–Crippen LogP) is 2.06. The number of amides is 1. The number of hydrogen-bond acceptors (Lipinski definition) is 2. The number of halogens is 1. The summed E-state index contributed by atoms with van der Waals surface area (Å²) in [5.74, 6) is -0.308. The van der Waals surface area contributed by atoms with Gasteiger partial charge in [-0.25, -0.2) is 4.39 Å². The van der Waals surface area contributed by atoms with Crippen LogP contribution in [0.5, 0.6) is 0 Å². The minimum absolute atomic E-state index is 0.114. The molecule has 2 aromatic rings. The van der Waals surface area contributed by atoms with E-state index < -0.39 is 0 Å². The highest BCUT2D eigenvalue weighted by Gasteiger charge is 2.13. The average Bonchev–Trinajstić information content (AvgIpc) is 2.79. The lowest BCUT2D eigenvalue weighted by molar-refractivity contribution is 0.0947. The monoisotopic (exact) mass is 264 g/mol. The van der Waals surface area contributed by atoms with E-state index in [1.807, 2.05) is 6.92 Å². The summed E-state index contributed by atoms with van der Waals surface area (Å²) in [6, 6.07) is 4.29. The predicted molar refractivity (Wildman–Crippen MR) is 71.5 cm³/mol. The Morgan fingerprint density at radius 3 is 3.05 bits per heavy atom. The van der Waals surface area contributed by atoms with Gasteiger partial charge in [-0.2, -0.15) is 0 Å². The van der Waals surface area contributed by atoms with Crippen molar-refractivity contribution in [1.29, 1.82) is 0 Å². The Kier molecular flexibility index (Phi) is 4.16. The molecule has 0 radical (unpaired) electrons. The second-order valence-electron chi connectivity index (χ2n) is 4.72. The minimum atomic E-state index is -0.335. The zero-order valence-electron chi connectivity index (χ0n) is 10.7. The third-order valence-corrected chi connectivity index (χ3v) is 3.12. The summed E-state index contributed by atoms with van der Waals surface area (Å²) in [6.45, 7) is 2.58. The number of carbonyl (C=O) groups is 1. The summed E-state index contributed by atoms with van der Waals surface area (Å²) < 4.78 is 13.0. The second-order valence-corrected chi connectivity index (χ2v) is 4.72. The molecule has 0 spiro atoms. The SMILES string of the molecule is CC(CCO)CNC(=O)c1c[nH]c2cc(F)ccc12. The van der Waals surface area contributed by atoms with Gasteiger partial charge < -0.3 is 15.4 Å². The van der Waals surface area contributed by atoms with Gasteiger partial charge in [0.15, 0.2) is 0 Å². The molecule has 0 aliphatic carbocycles. The number of fused-ring (bicyclic) bond motifs is 1. The number of H-pyrrole nitrogens is 1. The highest BCUT2D eigenvalue weighted by Crippen LogP contribution is 2.19. The van der Waals surface area contributed by atoms with Crippen molar-refractivity contribution in [2.45, 2.75) is 13.3 Å². The quantitative estimate of drug-likeness (QED) is 0.774. The third kappa shape index (κ3) is 3.12. The molecule has 0 fully saturated rings. The van der Waals surface area contributed by atoms with Gasteiger partial charge in [-0.05, 0) is 30.5 Å². The third-order valence-electron chi connectivity index (χ3n) is 3.12. The Morgan fingerprint density at radius 2 is 2.32 bits per heavy atom. The van der Waals surface area contributed by atoms with Crippen LogP contribution >= 0.6 is 0 Å². The molecule has 1 aromatic heterocycles. The molecule has 1 amide bonds. The zero-order chi connectivity index (χ0) is 13.8. The fourth-order valence-corrected chi connectivity index (χ4v) is 1.97. The van der Waals surface area contributed by atoms with Crippen molar-refractivity contribution in [3.63, 3.8) is 0 Å². The number of aromatic nitrogens is 1. The van der Waals surface area contributed by atoms with Gasteiger partial charge in [0, 0.05) is 30.3 Å². The molecule has 102 valence electrons. The van der Waals surface area contributed by atoms with Crippen molar-refractivity contribution in [2.24, 2.45) is 5.92 Å². The van der Waals surface area contributed by atoms with E-state index in [9.17, 15) is 9.18 Å². The Hall–Kier alpha value is -1.88. The summed E-state index contributed by atoms with van der Waals surface area (Å²) >= 11 is 0. The summed E-state index contributed by atoms with van der Waals surface area (Å²) in [4.78, 5) is 14.9. The fourth-order valence-electron chi connectivity index (χ4n) is 1.97. The Morgan fingerprint density at radius 1 is 1.53 bits per heavy atom. The topological polar surface area (TPSA) is 65.1 Å². The number of rotatable bonds is 5. The van der Waals surface area contributed by atoms with Crippen LogP contribution in [0.3, 0.4) is 0 Å². The van der Waals surface area contributed by atoms with Crippen LogP contribution in [0, 0.1) is 11.7 Å². The Balaban J connectivity index is 2.09. The summed E-state index contributed by atoms with van der Waals surface area (Å²) in [6.07, 6.45) is 2.23. The first kappa shape index (κ1) is 13.5. The van der Waals surface area contributed by atoms with Gasteiger partial charge in [-0.15, -0.1) is 0 Å². The Labute approximate surface area is 110 Å². The normalized spacial score (nSPS) is 12.6. The van der Waals surface area contributed by atoms with E-state index in [0.29, 0.717) is 29.4 Å². The summed E-state index contributed by atoms with van der Waals surface area (Å²) in [5, 5.41) is 12.3. The maximum absolute atomic E-state index is 13.0. The lowest BCUT2D eigenvalue weighted by Crippen LogP contribution is -2.28. The molecule has 2 rings (SSSR count). The second kappa shape index (κ2) is 5.84. The van der Waals surface area contributed by atoms with E-state index in [1.165, 1.54) is 12.1 Å². The van der Waals surface area contributed by atoms with Crippen LogP contribution in [0.25, 0.3) is 10.9 Å². The van der Waals surface area contributed by atoms with E-state index >= 15 is 0 Å². The van der Waals surface area contributed by atoms with Crippen LogP contribution in [0.2, 0.25) is 0 Å². The molecule has 3 N–H and O–H groups in total. The van der Waals surface area contributed by atoms with E-state index in [0.717, 1.165) is 0 Å². The van der Waals surface area contributed by atoms with Gasteiger partial charge in [0.05, 0.1) is 5.56 Å². The van der Waals surface area contributed by atoms with Gasteiger partial charge in [0.2, 0.25) is 0 Å². The number of nitrogens with one attached hydrogen (secondary N) is 2. The van der Waals surface area contributed by atoms with E-state index in [1.54, 1.807) is 12.3 Å². The van der Waals surface area contributed by atoms with Gasteiger partial charge in [-0.1, -0.05) is 6.92 Å². The first-order valence-electron chi connectivity index (χ1n) is 6.27. The molecule has 0 saturated heterocycles. The molecule has 1 unspecified atom stereocenters.